The molecule has 0 radical (unpaired) electrons. The van der Waals surface area contributed by atoms with Crippen LogP contribution in [0, 0.1) is 5.82 Å². The van der Waals surface area contributed by atoms with Crippen LogP contribution in [0.4, 0.5) is 4.39 Å². The van der Waals surface area contributed by atoms with E-state index in [0.717, 1.165) is 12.5 Å². The molecule has 0 unspecified atom stereocenters. The molecule has 1 aromatic heterocycles. The van der Waals surface area contributed by atoms with Crippen molar-refractivity contribution in [1.29, 1.82) is 0 Å². The summed E-state index contributed by atoms with van der Waals surface area (Å²) >= 11 is 0. The van der Waals surface area contributed by atoms with Crippen LogP contribution in [-0.4, -0.2) is 58.3 Å². The topological polar surface area (TPSA) is 168 Å². The third-order valence-corrected chi connectivity index (χ3v) is 8.45. The number of amides is 2. The summed E-state index contributed by atoms with van der Waals surface area (Å²) in [6.45, 7) is 3.09. The molecule has 0 saturated heterocycles. The lowest BCUT2D eigenvalue weighted by atomic mass is 10.0. The number of aliphatic hydroxyl groups is 1. The summed E-state index contributed by atoms with van der Waals surface area (Å²) in [5.41, 5.74) is 1.98. The number of halogens is 1. The highest BCUT2D eigenvalue weighted by atomic mass is 32.2. The van der Waals surface area contributed by atoms with Crippen molar-refractivity contribution in [2.75, 3.05) is 0 Å². The van der Waals surface area contributed by atoms with E-state index in [1.807, 2.05) is 11.6 Å². The van der Waals surface area contributed by atoms with Crippen LogP contribution in [-0.2, 0) is 39.0 Å². The Hall–Kier alpha value is -4.88. The lowest BCUT2D eigenvalue weighted by Crippen LogP contribution is -2.48. The lowest BCUT2D eigenvalue weighted by Gasteiger charge is -2.21. The third-order valence-electron chi connectivity index (χ3n) is 6.96. The second-order valence-electron chi connectivity index (χ2n) is 10.5. The van der Waals surface area contributed by atoms with Crippen LogP contribution in [0.15, 0.2) is 83.8 Å². The summed E-state index contributed by atoms with van der Waals surface area (Å²) in [5.74, 6) is -3.63. The van der Waals surface area contributed by atoms with E-state index in [1.54, 1.807) is 53.2 Å². The highest BCUT2D eigenvalue weighted by Gasteiger charge is 2.29. The van der Waals surface area contributed by atoms with Gasteiger partial charge in [0.15, 0.2) is 6.10 Å². The van der Waals surface area contributed by atoms with Gasteiger partial charge < -0.3 is 15.5 Å². The Balaban J connectivity index is 1.59. The molecule has 2 amide bonds. The summed E-state index contributed by atoms with van der Waals surface area (Å²) in [6.07, 6.45) is -0.524. The van der Waals surface area contributed by atoms with Gasteiger partial charge in [0.25, 0.3) is 15.9 Å². The van der Waals surface area contributed by atoms with Gasteiger partial charge in [0.1, 0.15) is 11.5 Å². The monoisotopic (exact) mass is 636 g/mol. The second-order valence-corrected chi connectivity index (χ2v) is 12.1. The van der Waals surface area contributed by atoms with Crippen molar-refractivity contribution in [3.05, 3.63) is 107 Å². The van der Waals surface area contributed by atoms with Crippen LogP contribution >= 0.6 is 0 Å². The van der Waals surface area contributed by atoms with Gasteiger partial charge in [-0.25, -0.2) is 22.3 Å². The normalized spacial score (nSPS) is 12.7. The number of rotatable bonds is 13. The molecule has 45 heavy (non-hydrogen) atoms. The number of aryl methyl sites for hydroxylation is 1. The maximum atomic E-state index is 15.5. The molecule has 4 aromatic rings. The lowest BCUT2D eigenvalue weighted by molar-refractivity contribution is -0.148. The number of nitrogens with one attached hydrogen (secondary N) is 2. The molecular formula is C32H33FN4O7S. The first-order valence-corrected chi connectivity index (χ1v) is 15.6. The summed E-state index contributed by atoms with van der Waals surface area (Å²) in [5, 5.41) is 26.7. The number of nitrogens with zero attached hydrogens (tertiary/aromatic N) is 2. The van der Waals surface area contributed by atoms with Gasteiger partial charge in [0.05, 0.1) is 17.5 Å². The standard InChI is InChI=1S/C32H33FN4O7S/c1-3-9-23-18-28(31(40)34-27(30(39)32(41)42)17-21-10-5-4-6-11-21)35-37(23)19-22-14-15-24(26(33)16-22)25-12-7-8-13-29(25)45(43,44)36-20(2)38/h4-8,10-16,18,27,30,39H,3,9,17,19H2,1-2H3,(H,34,40)(H,36,38)(H,41,42)/t27-,30-/m1/s1. The minimum atomic E-state index is -4.23. The highest BCUT2D eigenvalue weighted by Crippen LogP contribution is 2.30. The van der Waals surface area contributed by atoms with Crippen LogP contribution in [0.3, 0.4) is 0 Å². The minimum absolute atomic E-state index is 0.00305. The van der Waals surface area contributed by atoms with E-state index in [1.165, 1.54) is 30.3 Å². The number of aromatic nitrogens is 2. The van der Waals surface area contributed by atoms with Crippen molar-refractivity contribution >= 4 is 27.8 Å². The summed E-state index contributed by atoms with van der Waals surface area (Å²) < 4.78 is 44.3. The van der Waals surface area contributed by atoms with E-state index in [2.05, 4.69) is 10.4 Å². The predicted octanol–water partition coefficient (Wildman–Crippen LogP) is 3.30. The molecule has 0 bridgehead atoms. The van der Waals surface area contributed by atoms with Gasteiger partial charge in [-0.15, -0.1) is 0 Å². The highest BCUT2D eigenvalue weighted by molar-refractivity contribution is 7.90. The number of sulfonamides is 1. The molecule has 0 aliphatic rings. The first kappa shape index (κ1) is 33.0. The van der Waals surface area contributed by atoms with Crippen LogP contribution < -0.4 is 10.0 Å². The number of hydrogen-bond donors (Lipinski definition) is 4. The van der Waals surface area contributed by atoms with Crippen molar-refractivity contribution in [1.82, 2.24) is 19.8 Å². The Kier molecular flexibility index (Phi) is 10.5. The summed E-state index contributed by atoms with van der Waals surface area (Å²) in [7, 11) is -4.23. The van der Waals surface area contributed by atoms with Crippen LogP contribution in [0.2, 0.25) is 0 Å². The zero-order valence-corrected chi connectivity index (χ0v) is 25.4. The zero-order valence-electron chi connectivity index (χ0n) is 24.6. The molecule has 3 aromatic carbocycles. The number of carbonyl (C=O) groups excluding carboxylic acids is 2. The number of hydrogen-bond acceptors (Lipinski definition) is 7. The van der Waals surface area contributed by atoms with E-state index < -0.39 is 45.8 Å². The van der Waals surface area contributed by atoms with Gasteiger partial charge in [0.2, 0.25) is 5.91 Å². The maximum absolute atomic E-state index is 15.5. The number of carboxylic acid groups (broad SMARTS) is 1. The molecule has 2 atom stereocenters. The fourth-order valence-corrected chi connectivity index (χ4v) is 6.11. The van der Waals surface area contributed by atoms with Gasteiger partial charge in [-0.3, -0.25) is 14.3 Å². The van der Waals surface area contributed by atoms with Crippen molar-refractivity contribution < 1.29 is 37.4 Å². The number of aliphatic carboxylic acids is 1. The molecule has 4 rings (SSSR count). The molecule has 13 heteroatoms. The summed E-state index contributed by atoms with van der Waals surface area (Å²) in [6, 6.07) is 19.3. The predicted molar refractivity (Wildman–Crippen MR) is 163 cm³/mol. The summed E-state index contributed by atoms with van der Waals surface area (Å²) in [4.78, 5) is 35.9. The van der Waals surface area contributed by atoms with Crippen LogP contribution in [0.5, 0.6) is 0 Å². The Morgan fingerprint density at radius 2 is 1.64 bits per heavy atom. The Bertz CT molecular complexity index is 1810. The molecule has 0 aliphatic carbocycles. The molecule has 0 fully saturated rings. The molecule has 1 heterocycles. The van der Waals surface area contributed by atoms with Crippen molar-refractivity contribution in [3.63, 3.8) is 0 Å². The van der Waals surface area contributed by atoms with Crippen molar-refractivity contribution in [2.24, 2.45) is 0 Å². The van der Waals surface area contributed by atoms with E-state index in [4.69, 9.17) is 0 Å². The third kappa shape index (κ3) is 8.19. The van der Waals surface area contributed by atoms with Crippen LogP contribution in [0.1, 0.15) is 47.6 Å². The van der Waals surface area contributed by atoms with E-state index in [9.17, 15) is 33.0 Å². The van der Waals surface area contributed by atoms with Crippen molar-refractivity contribution in [2.45, 2.75) is 56.7 Å². The Morgan fingerprint density at radius 1 is 0.956 bits per heavy atom. The Labute approximate surface area is 259 Å². The number of benzene rings is 3. The van der Waals surface area contributed by atoms with Gasteiger partial charge in [-0.1, -0.05) is 74.0 Å². The fourth-order valence-electron chi connectivity index (χ4n) is 4.90. The average molecular weight is 637 g/mol. The number of carboxylic acids is 1. The molecule has 11 nitrogen and oxygen atoms in total. The van der Waals surface area contributed by atoms with Gasteiger partial charge in [-0.05, 0) is 42.2 Å². The number of aliphatic hydroxyl groups excluding tert-OH is 1. The quantitative estimate of drug-likeness (QED) is 0.173. The van der Waals surface area contributed by atoms with E-state index in [0.29, 0.717) is 24.1 Å². The second kappa shape index (κ2) is 14.3. The fraction of sp³-hybridized carbons (Fsp3) is 0.250. The molecule has 236 valence electrons. The average Bonchev–Trinajstić information content (AvgIpc) is 3.38. The molecule has 0 spiro atoms. The smallest absolute Gasteiger partial charge is 0.334 e. The molecule has 4 N–H and O–H groups in total. The van der Waals surface area contributed by atoms with Gasteiger partial charge >= 0.3 is 5.97 Å². The minimum Gasteiger partial charge on any atom is -0.479 e. The van der Waals surface area contributed by atoms with Gasteiger partial charge in [-0.2, -0.15) is 5.10 Å². The molecule has 0 aliphatic heterocycles. The van der Waals surface area contributed by atoms with Crippen LogP contribution in [0.25, 0.3) is 11.1 Å². The van der Waals surface area contributed by atoms with E-state index in [-0.39, 0.29) is 34.7 Å². The molecular weight excluding hydrogens is 603 g/mol. The SMILES string of the molecule is CCCc1cc(C(=O)N[C@H](Cc2ccccc2)[C@@H](O)C(=O)O)nn1Cc1ccc(-c2ccccc2S(=O)(=O)NC(C)=O)c(F)c1. The number of carbonyl (C=O) groups is 3. The largest absolute Gasteiger partial charge is 0.479 e. The first-order valence-electron chi connectivity index (χ1n) is 14.1. The van der Waals surface area contributed by atoms with E-state index >= 15 is 4.39 Å². The maximum Gasteiger partial charge on any atom is 0.334 e. The Morgan fingerprint density at radius 3 is 2.29 bits per heavy atom. The van der Waals surface area contributed by atoms with Crippen molar-refractivity contribution in [3.8, 4) is 11.1 Å². The first-order chi connectivity index (χ1) is 21.4. The van der Waals surface area contributed by atoms with Gasteiger partial charge in [0, 0.05) is 23.7 Å². The molecule has 0 saturated carbocycles. The zero-order chi connectivity index (χ0) is 32.7.